The molecule has 1 saturated heterocycles. The maximum absolute atomic E-state index is 13.0. The summed E-state index contributed by atoms with van der Waals surface area (Å²) < 4.78 is 25.0. The van der Waals surface area contributed by atoms with Gasteiger partial charge in [-0.15, -0.1) is 17.9 Å². The number of thiophene rings is 1. The second kappa shape index (κ2) is 6.22. The van der Waals surface area contributed by atoms with Crippen molar-refractivity contribution in [1.29, 1.82) is 0 Å². The Bertz CT molecular complexity index is 1020. The summed E-state index contributed by atoms with van der Waals surface area (Å²) in [7, 11) is -3.24. The molecular weight excluding hydrogens is 380 g/mol. The lowest BCUT2D eigenvalue weighted by Crippen LogP contribution is -2.26. The quantitative estimate of drug-likeness (QED) is 0.618. The molecular formula is C16H18N2O4S3. The van der Waals surface area contributed by atoms with Crippen LogP contribution >= 0.6 is 23.1 Å². The number of aromatic nitrogens is 2. The van der Waals surface area contributed by atoms with Crippen LogP contribution in [0.25, 0.3) is 10.2 Å². The van der Waals surface area contributed by atoms with Gasteiger partial charge in [0.15, 0.2) is 15.0 Å². The number of hydrogen-bond acceptors (Lipinski definition) is 7. The zero-order valence-corrected chi connectivity index (χ0v) is 15.9. The van der Waals surface area contributed by atoms with Gasteiger partial charge in [0.25, 0.3) is 5.56 Å². The first-order chi connectivity index (χ1) is 11.9. The Morgan fingerprint density at radius 1 is 1.40 bits per heavy atom. The number of fused-ring (bicyclic) bond motifs is 3. The Hall–Kier alpha value is -1.16. The smallest absolute Gasteiger partial charge is 0.263 e. The van der Waals surface area contributed by atoms with E-state index in [2.05, 4.69) is 11.6 Å². The maximum Gasteiger partial charge on any atom is 0.263 e. The lowest BCUT2D eigenvalue weighted by molar-refractivity contribution is 0.207. The first-order valence-corrected chi connectivity index (χ1v) is 11.6. The molecule has 4 rings (SSSR count). The highest BCUT2D eigenvalue weighted by Crippen LogP contribution is 2.37. The molecule has 2 atom stereocenters. The van der Waals surface area contributed by atoms with Crippen LogP contribution in [0.2, 0.25) is 0 Å². The fraction of sp³-hybridized carbons (Fsp3) is 0.500. The SMILES string of the molecule is C=CCn1c(S[C@@H]2CS(=O)(=O)C[C@@H]2O)nc2sc3c(c2c1=O)CCC3. The highest BCUT2D eigenvalue weighted by Gasteiger charge is 2.38. The van der Waals surface area contributed by atoms with Crippen LogP contribution < -0.4 is 5.56 Å². The Balaban J connectivity index is 1.82. The molecule has 2 aromatic rings. The number of hydrogen-bond donors (Lipinski definition) is 1. The molecule has 25 heavy (non-hydrogen) atoms. The number of aryl methyl sites for hydroxylation is 2. The van der Waals surface area contributed by atoms with Crippen LogP contribution in [0.3, 0.4) is 0 Å². The molecule has 0 saturated carbocycles. The number of sulfone groups is 1. The van der Waals surface area contributed by atoms with Gasteiger partial charge in [0.2, 0.25) is 0 Å². The Kier molecular flexibility index (Phi) is 4.30. The van der Waals surface area contributed by atoms with Gasteiger partial charge in [0.1, 0.15) is 4.83 Å². The summed E-state index contributed by atoms with van der Waals surface area (Å²) in [4.78, 5) is 19.6. The molecule has 3 heterocycles. The molecule has 0 unspecified atom stereocenters. The molecule has 1 fully saturated rings. The van der Waals surface area contributed by atoms with E-state index in [0.29, 0.717) is 21.9 Å². The Labute approximate surface area is 153 Å². The van der Waals surface area contributed by atoms with Crippen molar-refractivity contribution in [2.75, 3.05) is 11.5 Å². The zero-order valence-electron chi connectivity index (χ0n) is 13.5. The molecule has 6 nitrogen and oxygen atoms in total. The van der Waals surface area contributed by atoms with Crippen LogP contribution in [-0.4, -0.2) is 45.9 Å². The zero-order chi connectivity index (χ0) is 17.8. The third-order valence-electron chi connectivity index (χ3n) is 4.63. The molecule has 0 bridgehead atoms. The van der Waals surface area contributed by atoms with E-state index in [-0.39, 0.29) is 17.1 Å². The van der Waals surface area contributed by atoms with Gasteiger partial charge < -0.3 is 5.11 Å². The molecule has 2 aromatic heterocycles. The topological polar surface area (TPSA) is 89.3 Å². The standard InChI is InChI=1S/C16H18N2O4S3/c1-2-6-18-15(20)13-9-4-3-5-11(9)23-14(13)17-16(18)24-12-8-25(21,22)7-10(12)19/h2,10,12,19H,1,3-8H2/t10-,12+/m0/s1. The predicted molar refractivity (Wildman–Crippen MR) is 100 cm³/mol. The predicted octanol–water partition coefficient (Wildman–Crippen LogP) is 1.38. The first-order valence-electron chi connectivity index (χ1n) is 8.11. The number of aliphatic hydroxyl groups excluding tert-OH is 1. The third kappa shape index (κ3) is 2.97. The van der Waals surface area contributed by atoms with E-state index in [0.717, 1.165) is 24.8 Å². The highest BCUT2D eigenvalue weighted by molar-refractivity contribution is 8.01. The van der Waals surface area contributed by atoms with Crippen LogP contribution in [0.5, 0.6) is 0 Å². The van der Waals surface area contributed by atoms with E-state index in [1.807, 2.05) is 0 Å². The molecule has 0 aromatic carbocycles. The molecule has 1 N–H and O–H groups in total. The molecule has 134 valence electrons. The largest absolute Gasteiger partial charge is 0.391 e. The summed E-state index contributed by atoms with van der Waals surface area (Å²) in [5, 5.41) is 10.7. The summed E-state index contributed by atoms with van der Waals surface area (Å²) >= 11 is 2.74. The molecule has 2 aliphatic rings. The lowest BCUT2D eigenvalue weighted by atomic mass is 10.2. The summed E-state index contributed by atoms with van der Waals surface area (Å²) in [6.45, 7) is 4.02. The van der Waals surface area contributed by atoms with Crippen molar-refractivity contribution < 1.29 is 13.5 Å². The number of thioether (sulfide) groups is 1. The van der Waals surface area contributed by atoms with Gasteiger partial charge in [-0.2, -0.15) is 0 Å². The van der Waals surface area contributed by atoms with E-state index in [9.17, 15) is 18.3 Å². The minimum atomic E-state index is -3.24. The maximum atomic E-state index is 13.0. The van der Waals surface area contributed by atoms with E-state index >= 15 is 0 Å². The van der Waals surface area contributed by atoms with Crippen molar-refractivity contribution in [3.05, 3.63) is 33.4 Å². The summed E-state index contributed by atoms with van der Waals surface area (Å²) in [6, 6.07) is 0. The molecule has 1 aliphatic carbocycles. The van der Waals surface area contributed by atoms with Crippen LogP contribution in [0.15, 0.2) is 22.6 Å². The van der Waals surface area contributed by atoms with Crippen molar-refractivity contribution in [2.45, 2.75) is 42.3 Å². The van der Waals surface area contributed by atoms with Gasteiger partial charge >= 0.3 is 0 Å². The normalized spacial score (nSPS) is 24.7. The summed E-state index contributed by atoms with van der Waals surface area (Å²) in [5.74, 6) is -0.326. The Morgan fingerprint density at radius 2 is 2.20 bits per heavy atom. The highest BCUT2D eigenvalue weighted by atomic mass is 32.2. The van der Waals surface area contributed by atoms with Gasteiger partial charge in [-0.05, 0) is 24.8 Å². The van der Waals surface area contributed by atoms with E-state index < -0.39 is 21.2 Å². The van der Waals surface area contributed by atoms with E-state index in [4.69, 9.17) is 0 Å². The van der Waals surface area contributed by atoms with Crippen LogP contribution in [0, 0.1) is 0 Å². The third-order valence-corrected chi connectivity index (χ3v) is 9.05. The number of rotatable bonds is 4. The second-order valence-corrected chi connectivity index (χ2v) is 10.9. The number of nitrogens with zero attached hydrogens (tertiary/aromatic N) is 2. The van der Waals surface area contributed by atoms with Gasteiger partial charge in [0.05, 0.1) is 28.2 Å². The number of allylic oxidation sites excluding steroid dienone is 1. The van der Waals surface area contributed by atoms with E-state index in [1.54, 1.807) is 22.0 Å². The monoisotopic (exact) mass is 398 g/mol. The fourth-order valence-electron chi connectivity index (χ4n) is 3.48. The van der Waals surface area contributed by atoms with Crippen LogP contribution in [-0.2, 0) is 29.2 Å². The van der Waals surface area contributed by atoms with E-state index in [1.165, 1.54) is 16.6 Å². The summed E-state index contributed by atoms with van der Waals surface area (Å²) in [5.41, 5.74) is 1.03. The fourth-order valence-corrected chi connectivity index (χ4v) is 8.37. The molecule has 0 amide bonds. The molecule has 0 spiro atoms. The minimum Gasteiger partial charge on any atom is -0.391 e. The van der Waals surface area contributed by atoms with Crippen LogP contribution in [0.1, 0.15) is 16.9 Å². The number of aliphatic hydroxyl groups is 1. The minimum absolute atomic E-state index is 0.0952. The average molecular weight is 399 g/mol. The van der Waals surface area contributed by atoms with Gasteiger partial charge in [-0.25, -0.2) is 13.4 Å². The van der Waals surface area contributed by atoms with Crippen molar-refractivity contribution >= 4 is 43.2 Å². The second-order valence-electron chi connectivity index (χ2n) is 6.44. The van der Waals surface area contributed by atoms with Gasteiger partial charge in [-0.1, -0.05) is 17.8 Å². The van der Waals surface area contributed by atoms with Gasteiger partial charge in [0, 0.05) is 11.4 Å². The Morgan fingerprint density at radius 3 is 2.88 bits per heavy atom. The van der Waals surface area contributed by atoms with Crippen molar-refractivity contribution in [1.82, 2.24) is 9.55 Å². The molecule has 0 radical (unpaired) electrons. The van der Waals surface area contributed by atoms with Crippen molar-refractivity contribution in [3.8, 4) is 0 Å². The van der Waals surface area contributed by atoms with Crippen molar-refractivity contribution in [2.24, 2.45) is 0 Å². The van der Waals surface area contributed by atoms with Gasteiger partial charge in [-0.3, -0.25) is 9.36 Å². The lowest BCUT2D eigenvalue weighted by Gasteiger charge is -2.15. The summed E-state index contributed by atoms with van der Waals surface area (Å²) in [6.07, 6.45) is 3.66. The van der Waals surface area contributed by atoms with Crippen LogP contribution in [0.4, 0.5) is 0 Å². The first kappa shape index (κ1) is 17.3. The molecule has 1 aliphatic heterocycles. The van der Waals surface area contributed by atoms with Crippen molar-refractivity contribution in [3.63, 3.8) is 0 Å². The molecule has 9 heteroatoms. The average Bonchev–Trinajstić information content (AvgIpc) is 3.16.